The third-order valence-corrected chi connectivity index (χ3v) is 5.70. The highest BCUT2D eigenvalue weighted by atomic mass is 35.5. The van der Waals surface area contributed by atoms with Crippen LogP contribution in [0.4, 0.5) is 5.69 Å². The summed E-state index contributed by atoms with van der Waals surface area (Å²) >= 11 is 12.5. The SMILES string of the molecule is COc1cc(/C=C2\N=C(c3cccc([N+](=O)[O-])c3C)OC2=O)cc(Cl)c1OCc1cccc(Cl)c1. The molecule has 0 saturated carbocycles. The molecule has 0 fully saturated rings. The normalized spacial score (nSPS) is 14.0. The number of rotatable bonds is 7. The number of nitro groups is 1. The van der Waals surface area contributed by atoms with Crippen molar-refractivity contribution in [3.05, 3.63) is 103 Å². The summed E-state index contributed by atoms with van der Waals surface area (Å²) in [6.07, 6.45) is 1.48. The van der Waals surface area contributed by atoms with E-state index in [0.717, 1.165) is 5.56 Å². The van der Waals surface area contributed by atoms with Crippen molar-refractivity contribution < 1.29 is 23.9 Å². The number of ether oxygens (including phenoxy) is 3. The first-order valence-electron chi connectivity index (χ1n) is 10.3. The number of methoxy groups -OCH3 is 1. The van der Waals surface area contributed by atoms with Gasteiger partial charge in [-0.3, -0.25) is 10.1 Å². The Morgan fingerprint density at radius 2 is 1.91 bits per heavy atom. The Morgan fingerprint density at radius 3 is 2.63 bits per heavy atom. The van der Waals surface area contributed by atoms with Gasteiger partial charge in [-0.15, -0.1) is 0 Å². The maximum absolute atomic E-state index is 12.4. The van der Waals surface area contributed by atoms with Crippen LogP contribution in [0.2, 0.25) is 10.0 Å². The molecule has 35 heavy (non-hydrogen) atoms. The van der Waals surface area contributed by atoms with E-state index in [9.17, 15) is 14.9 Å². The number of carbonyl (C=O) groups excluding carboxylic acids is 1. The van der Waals surface area contributed by atoms with Gasteiger partial charge in [-0.2, -0.15) is 0 Å². The number of hydrogen-bond acceptors (Lipinski definition) is 7. The van der Waals surface area contributed by atoms with E-state index in [1.54, 1.807) is 37.3 Å². The largest absolute Gasteiger partial charge is 0.493 e. The monoisotopic (exact) mass is 512 g/mol. The molecule has 4 rings (SSSR count). The van der Waals surface area contributed by atoms with Crippen molar-refractivity contribution in [3.8, 4) is 11.5 Å². The van der Waals surface area contributed by atoms with Crippen LogP contribution >= 0.6 is 23.2 Å². The average molecular weight is 513 g/mol. The van der Waals surface area contributed by atoms with Crippen molar-refractivity contribution in [2.75, 3.05) is 7.11 Å². The Bertz CT molecular complexity index is 1400. The molecule has 0 spiro atoms. The van der Waals surface area contributed by atoms with Crippen LogP contribution in [0, 0.1) is 17.0 Å². The minimum atomic E-state index is -0.692. The van der Waals surface area contributed by atoms with E-state index in [-0.39, 0.29) is 28.9 Å². The standard InChI is InChI=1S/C25H18Cl2N2O6/c1-14-18(7-4-8-21(14)29(31)32)24-28-20(25(30)35-24)11-16-10-19(27)23(22(12-16)33-2)34-13-15-5-3-6-17(26)9-15/h3-12H,13H2,1-2H3/b20-11-. The second-order valence-electron chi connectivity index (χ2n) is 7.50. The van der Waals surface area contributed by atoms with E-state index in [4.69, 9.17) is 37.4 Å². The Labute approximate surface area is 210 Å². The number of benzene rings is 3. The number of esters is 1. The van der Waals surface area contributed by atoms with Crippen LogP contribution in [0.15, 0.2) is 65.3 Å². The van der Waals surface area contributed by atoms with Crippen LogP contribution in [-0.2, 0) is 16.1 Å². The van der Waals surface area contributed by atoms with Crippen LogP contribution in [0.5, 0.6) is 11.5 Å². The highest BCUT2D eigenvalue weighted by Crippen LogP contribution is 2.38. The first-order chi connectivity index (χ1) is 16.8. The fraction of sp³-hybridized carbons (Fsp3) is 0.120. The number of cyclic esters (lactones) is 1. The molecule has 1 heterocycles. The molecule has 1 aliphatic heterocycles. The van der Waals surface area contributed by atoms with Gasteiger partial charge < -0.3 is 14.2 Å². The number of aliphatic imine (C=N–C) groups is 1. The predicted molar refractivity (Wildman–Crippen MR) is 132 cm³/mol. The molecule has 1 aliphatic rings. The van der Waals surface area contributed by atoms with Gasteiger partial charge in [-0.25, -0.2) is 9.79 Å². The van der Waals surface area contributed by atoms with Gasteiger partial charge in [0.25, 0.3) is 5.69 Å². The molecule has 0 atom stereocenters. The summed E-state index contributed by atoms with van der Waals surface area (Å²) in [5.41, 5.74) is 2.00. The molecule has 0 N–H and O–H groups in total. The second-order valence-corrected chi connectivity index (χ2v) is 8.34. The molecule has 0 bridgehead atoms. The molecule has 3 aromatic carbocycles. The lowest BCUT2D eigenvalue weighted by Gasteiger charge is -2.13. The Balaban J connectivity index is 1.62. The van der Waals surface area contributed by atoms with Crippen molar-refractivity contribution in [1.82, 2.24) is 0 Å². The lowest BCUT2D eigenvalue weighted by Crippen LogP contribution is -2.08. The second kappa shape index (κ2) is 10.2. The molecule has 0 saturated heterocycles. The van der Waals surface area contributed by atoms with Gasteiger partial charge in [-0.05, 0) is 54.5 Å². The summed E-state index contributed by atoms with van der Waals surface area (Å²) in [6.45, 7) is 1.79. The molecule has 10 heteroatoms. The lowest BCUT2D eigenvalue weighted by molar-refractivity contribution is -0.385. The molecule has 0 unspecified atom stereocenters. The van der Waals surface area contributed by atoms with Crippen molar-refractivity contribution in [1.29, 1.82) is 0 Å². The van der Waals surface area contributed by atoms with Gasteiger partial charge >= 0.3 is 5.97 Å². The summed E-state index contributed by atoms with van der Waals surface area (Å²) in [6, 6.07) is 15.0. The number of halogens is 2. The van der Waals surface area contributed by atoms with Gasteiger partial charge in [0.1, 0.15) is 6.61 Å². The van der Waals surface area contributed by atoms with Crippen molar-refractivity contribution >= 4 is 46.8 Å². The predicted octanol–water partition coefficient (Wildman–Crippen LogP) is 6.14. The third kappa shape index (κ3) is 5.29. The smallest absolute Gasteiger partial charge is 0.363 e. The van der Waals surface area contributed by atoms with E-state index < -0.39 is 10.9 Å². The Morgan fingerprint density at radius 1 is 1.14 bits per heavy atom. The number of hydrogen-bond donors (Lipinski definition) is 0. The van der Waals surface area contributed by atoms with E-state index in [1.807, 2.05) is 12.1 Å². The van der Waals surface area contributed by atoms with Crippen molar-refractivity contribution in [2.24, 2.45) is 4.99 Å². The van der Waals surface area contributed by atoms with Crippen LogP contribution < -0.4 is 9.47 Å². The molecule has 0 radical (unpaired) electrons. The molecular weight excluding hydrogens is 495 g/mol. The number of carbonyl (C=O) groups is 1. The average Bonchev–Trinajstić information content (AvgIpc) is 3.17. The topological polar surface area (TPSA) is 100 Å². The quantitative estimate of drug-likeness (QED) is 0.163. The molecule has 178 valence electrons. The Hall–Kier alpha value is -3.88. The minimum Gasteiger partial charge on any atom is -0.493 e. The molecule has 0 aromatic heterocycles. The number of nitrogens with zero attached hydrogens (tertiary/aromatic N) is 2. The van der Waals surface area contributed by atoms with E-state index in [2.05, 4.69) is 4.99 Å². The Kier molecular flexibility index (Phi) is 7.04. The zero-order valence-corrected chi connectivity index (χ0v) is 20.1. The van der Waals surface area contributed by atoms with Crippen LogP contribution in [0.25, 0.3) is 6.08 Å². The summed E-state index contributed by atoms with van der Waals surface area (Å²) in [4.78, 5) is 27.4. The lowest BCUT2D eigenvalue weighted by atomic mass is 10.1. The molecule has 8 nitrogen and oxygen atoms in total. The van der Waals surface area contributed by atoms with Gasteiger partial charge in [-0.1, -0.05) is 41.4 Å². The number of nitro benzene ring substituents is 1. The van der Waals surface area contributed by atoms with Crippen LogP contribution in [-0.4, -0.2) is 23.9 Å². The first kappa shape index (κ1) is 24.3. The maximum Gasteiger partial charge on any atom is 0.363 e. The molecule has 3 aromatic rings. The highest BCUT2D eigenvalue weighted by Gasteiger charge is 2.27. The van der Waals surface area contributed by atoms with Gasteiger partial charge in [0.15, 0.2) is 17.2 Å². The molecular formula is C25H18Cl2N2O6. The summed E-state index contributed by atoms with van der Waals surface area (Å²) in [7, 11) is 1.47. The fourth-order valence-electron chi connectivity index (χ4n) is 3.48. The van der Waals surface area contributed by atoms with Gasteiger partial charge in [0.2, 0.25) is 5.90 Å². The van der Waals surface area contributed by atoms with E-state index in [0.29, 0.717) is 33.2 Å². The summed E-state index contributed by atoms with van der Waals surface area (Å²) in [5.74, 6) is -0.0116. The van der Waals surface area contributed by atoms with Crippen molar-refractivity contribution in [2.45, 2.75) is 13.5 Å². The van der Waals surface area contributed by atoms with Crippen molar-refractivity contribution in [3.63, 3.8) is 0 Å². The van der Waals surface area contributed by atoms with Crippen LogP contribution in [0.1, 0.15) is 22.3 Å². The van der Waals surface area contributed by atoms with E-state index >= 15 is 0 Å². The summed E-state index contributed by atoms with van der Waals surface area (Å²) in [5, 5.41) is 12.1. The molecule has 0 aliphatic carbocycles. The minimum absolute atomic E-state index is 0.0108. The maximum atomic E-state index is 12.4. The van der Waals surface area contributed by atoms with Crippen LogP contribution in [0.3, 0.4) is 0 Å². The fourth-order valence-corrected chi connectivity index (χ4v) is 3.97. The zero-order valence-electron chi connectivity index (χ0n) is 18.6. The van der Waals surface area contributed by atoms with Gasteiger partial charge in [0, 0.05) is 22.2 Å². The highest BCUT2D eigenvalue weighted by molar-refractivity contribution is 6.32. The van der Waals surface area contributed by atoms with E-state index in [1.165, 1.54) is 25.3 Å². The zero-order chi connectivity index (χ0) is 25.1. The third-order valence-electron chi connectivity index (χ3n) is 5.18. The summed E-state index contributed by atoms with van der Waals surface area (Å²) < 4.78 is 16.6. The van der Waals surface area contributed by atoms with Gasteiger partial charge in [0.05, 0.1) is 17.1 Å². The molecule has 0 amide bonds. The first-order valence-corrected chi connectivity index (χ1v) is 11.0.